The lowest BCUT2D eigenvalue weighted by molar-refractivity contribution is 0.0614. The number of nitrogens with zero attached hydrogens (tertiary/aromatic N) is 2. The standard InChI is InChI=1S/C12H19BrN4O/c1-2-14-11-15-7-9(13)10(17-11)16-8-12(18)5-3-4-6-12/h7,18H,2-6,8H2,1H3,(H2,14,15,16,17). The summed E-state index contributed by atoms with van der Waals surface area (Å²) >= 11 is 3.41. The van der Waals surface area contributed by atoms with Crippen molar-refractivity contribution in [3.63, 3.8) is 0 Å². The molecule has 3 N–H and O–H groups in total. The number of rotatable bonds is 5. The van der Waals surface area contributed by atoms with Crippen LogP contribution < -0.4 is 10.6 Å². The maximum absolute atomic E-state index is 10.3. The first kappa shape index (κ1) is 13.5. The number of halogens is 1. The van der Waals surface area contributed by atoms with Gasteiger partial charge in [0.05, 0.1) is 10.1 Å². The van der Waals surface area contributed by atoms with Gasteiger partial charge in [-0.05, 0) is 35.7 Å². The lowest BCUT2D eigenvalue weighted by Crippen LogP contribution is -2.33. The van der Waals surface area contributed by atoms with E-state index in [0.29, 0.717) is 12.5 Å². The van der Waals surface area contributed by atoms with Crippen LogP contribution >= 0.6 is 15.9 Å². The van der Waals surface area contributed by atoms with E-state index < -0.39 is 5.60 Å². The van der Waals surface area contributed by atoms with Gasteiger partial charge >= 0.3 is 0 Å². The Morgan fingerprint density at radius 1 is 1.39 bits per heavy atom. The van der Waals surface area contributed by atoms with E-state index in [-0.39, 0.29) is 0 Å². The van der Waals surface area contributed by atoms with Gasteiger partial charge in [0.25, 0.3) is 0 Å². The summed E-state index contributed by atoms with van der Waals surface area (Å²) in [5.41, 5.74) is -0.581. The van der Waals surface area contributed by atoms with E-state index in [9.17, 15) is 5.11 Å². The largest absolute Gasteiger partial charge is 0.388 e. The molecular weight excluding hydrogens is 296 g/mol. The van der Waals surface area contributed by atoms with Gasteiger partial charge in [0, 0.05) is 19.3 Å². The van der Waals surface area contributed by atoms with Crippen molar-refractivity contribution in [2.75, 3.05) is 23.7 Å². The summed E-state index contributed by atoms with van der Waals surface area (Å²) in [5, 5.41) is 16.6. The van der Waals surface area contributed by atoms with E-state index in [0.717, 1.165) is 42.5 Å². The second-order valence-corrected chi connectivity index (χ2v) is 5.56. The molecule has 0 radical (unpaired) electrons. The third-order valence-corrected chi connectivity index (χ3v) is 3.78. The van der Waals surface area contributed by atoms with Crippen LogP contribution in [0.1, 0.15) is 32.6 Å². The molecule has 0 aromatic carbocycles. The maximum Gasteiger partial charge on any atom is 0.224 e. The fourth-order valence-electron chi connectivity index (χ4n) is 2.19. The van der Waals surface area contributed by atoms with E-state index in [4.69, 9.17) is 0 Å². The normalized spacial score (nSPS) is 17.7. The molecule has 0 amide bonds. The van der Waals surface area contributed by atoms with E-state index in [2.05, 4.69) is 36.5 Å². The van der Waals surface area contributed by atoms with Crippen LogP contribution in [0.4, 0.5) is 11.8 Å². The number of hydrogen-bond donors (Lipinski definition) is 3. The monoisotopic (exact) mass is 314 g/mol. The first-order valence-corrected chi connectivity index (χ1v) is 7.15. The lowest BCUT2D eigenvalue weighted by atomic mass is 10.0. The van der Waals surface area contributed by atoms with Gasteiger partial charge in [0.2, 0.25) is 5.95 Å². The van der Waals surface area contributed by atoms with E-state index >= 15 is 0 Å². The first-order chi connectivity index (χ1) is 8.63. The van der Waals surface area contributed by atoms with Crippen molar-refractivity contribution in [2.24, 2.45) is 0 Å². The molecule has 0 saturated heterocycles. The highest BCUT2D eigenvalue weighted by molar-refractivity contribution is 9.10. The van der Waals surface area contributed by atoms with E-state index in [1.807, 2.05) is 6.92 Å². The van der Waals surface area contributed by atoms with Gasteiger partial charge < -0.3 is 15.7 Å². The summed E-state index contributed by atoms with van der Waals surface area (Å²) in [4.78, 5) is 8.52. The van der Waals surface area contributed by atoms with Crippen molar-refractivity contribution in [1.29, 1.82) is 0 Å². The van der Waals surface area contributed by atoms with Crippen LogP contribution in [0.3, 0.4) is 0 Å². The summed E-state index contributed by atoms with van der Waals surface area (Å²) in [5.74, 6) is 1.32. The van der Waals surface area contributed by atoms with Crippen LogP contribution in [-0.2, 0) is 0 Å². The summed E-state index contributed by atoms with van der Waals surface area (Å²) in [6.07, 6.45) is 5.65. The van der Waals surface area contributed by atoms with E-state index in [1.165, 1.54) is 0 Å². The Hall–Kier alpha value is -0.880. The molecule has 2 rings (SSSR count). The summed E-state index contributed by atoms with van der Waals surface area (Å²) in [7, 11) is 0. The predicted molar refractivity (Wildman–Crippen MR) is 75.8 cm³/mol. The van der Waals surface area contributed by atoms with E-state index in [1.54, 1.807) is 6.20 Å². The van der Waals surface area contributed by atoms with Gasteiger partial charge in [-0.3, -0.25) is 0 Å². The molecule has 0 atom stereocenters. The molecule has 1 aromatic rings. The van der Waals surface area contributed by atoms with Gasteiger partial charge in [0.1, 0.15) is 5.82 Å². The van der Waals surface area contributed by atoms with Crippen LogP contribution in [0, 0.1) is 0 Å². The molecule has 18 heavy (non-hydrogen) atoms. The lowest BCUT2D eigenvalue weighted by Gasteiger charge is -2.23. The van der Waals surface area contributed by atoms with Gasteiger partial charge in [-0.15, -0.1) is 0 Å². The highest BCUT2D eigenvalue weighted by Crippen LogP contribution is 2.30. The Kier molecular flexibility index (Phi) is 4.40. The third kappa shape index (κ3) is 3.32. The maximum atomic E-state index is 10.3. The average molecular weight is 315 g/mol. The molecule has 6 heteroatoms. The summed E-state index contributed by atoms with van der Waals surface area (Å²) in [6.45, 7) is 3.32. The van der Waals surface area contributed by atoms with Gasteiger partial charge in [-0.25, -0.2) is 4.98 Å². The highest BCUT2D eigenvalue weighted by atomic mass is 79.9. The number of anilines is 2. The number of aliphatic hydroxyl groups is 1. The fourth-order valence-corrected chi connectivity index (χ4v) is 2.52. The Morgan fingerprint density at radius 3 is 2.78 bits per heavy atom. The summed E-state index contributed by atoms with van der Waals surface area (Å²) < 4.78 is 0.811. The minimum atomic E-state index is -0.581. The molecule has 0 aliphatic heterocycles. The van der Waals surface area contributed by atoms with Gasteiger partial charge in [-0.2, -0.15) is 4.98 Å². The topological polar surface area (TPSA) is 70.1 Å². The van der Waals surface area contributed by atoms with Crippen molar-refractivity contribution in [2.45, 2.75) is 38.2 Å². The zero-order valence-electron chi connectivity index (χ0n) is 10.5. The second-order valence-electron chi connectivity index (χ2n) is 4.71. The molecule has 1 aliphatic carbocycles. The van der Waals surface area contributed by atoms with Crippen molar-refractivity contribution < 1.29 is 5.11 Å². The first-order valence-electron chi connectivity index (χ1n) is 6.36. The van der Waals surface area contributed by atoms with Crippen LogP contribution in [-0.4, -0.2) is 33.8 Å². The van der Waals surface area contributed by atoms with Crippen molar-refractivity contribution in [1.82, 2.24) is 9.97 Å². The molecule has 0 unspecified atom stereocenters. The number of nitrogens with one attached hydrogen (secondary N) is 2. The number of hydrogen-bond acceptors (Lipinski definition) is 5. The van der Waals surface area contributed by atoms with Gasteiger partial charge in [0.15, 0.2) is 0 Å². The zero-order valence-corrected chi connectivity index (χ0v) is 12.1. The minimum Gasteiger partial charge on any atom is -0.388 e. The van der Waals surface area contributed by atoms with Crippen LogP contribution in [0.15, 0.2) is 10.7 Å². The van der Waals surface area contributed by atoms with Crippen LogP contribution in [0.2, 0.25) is 0 Å². The minimum absolute atomic E-state index is 0.536. The van der Waals surface area contributed by atoms with Crippen LogP contribution in [0.5, 0.6) is 0 Å². The van der Waals surface area contributed by atoms with Crippen molar-refractivity contribution >= 4 is 27.7 Å². The molecule has 1 fully saturated rings. The van der Waals surface area contributed by atoms with Crippen molar-refractivity contribution in [3.8, 4) is 0 Å². The molecule has 1 aliphatic rings. The SMILES string of the molecule is CCNc1ncc(Br)c(NCC2(O)CCCC2)n1. The van der Waals surface area contributed by atoms with Crippen LogP contribution in [0.25, 0.3) is 0 Å². The molecule has 5 nitrogen and oxygen atoms in total. The highest BCUT2D eigenvalue weighted by Gasteiger charge is 2.30. The zero-order chi connectivity index (χ0) is 13.0. The Labute approximate surface area is 116 Å². The molecule has 1 saturated carbocycles. The smallest absolute Gasteiger partial charge is 0.224 e. The second kappa shape index (κ2) is 5.84. The number of aromatic nitrogens is 2. The molecule has 100 valence electrons. The molecule has 1 heterocycles. The van der Waals surface area contributed by atoms with Gasteiger partial charge in [-0.1, -0.05) is 12.8 Å². The summed E-state index contributed by atoms with van der Waals surface area (Å²) in [6, 6.07) is 0. The molecule has 0 spiro atoms. The molecule has 0 bridgehead atoms. The average Bonchev–Trinajstić information content (AvgIpc) is 2.78. The van der Waals surface area contributed by atoms with Crippen molar-refractivity contribution in [3.05, 3.63) is 10.7 Å². The molecular formula is C12H19BrN4O. The third-order valence-electron chi connectivity index (χ3n) is 3.20. The fraction of sp³-hybridized carbons (Fsp3) is 0.667. The Balaban J connectivity index is 2.01. The Bertz CT molecular complexity index is 407. The Morgan fingerprint density at radius 2 is 2.11 bits per heavy atom. The predicted octanol–water partition coefficient (Wildman–Crippen LogP) is 2.39. The quantitative estimate of drug-likeness (QED) is 0.778. The molecule has 1 aromatic heterocycles.